The van der Waals surface area contributed by atoms with E-state index in [4.69, 9.17) is 5.26 Å². The minimum atomic E-state index is 0.306. The SMILES string of the molecule is N#CCN1CCC2(CC1)CNCc1ccccc12. The Bertz CT molecular complexity index is 467. The van der Waals surface area contributed by atoms with E-state index in [-0.39, 0.29) is 0 Å². The maximum atomic E-state index is 8.77. The number of hydrogen-bond donors (Lipinski definition) is 1. The number of fused-ring (bicyclic) bond motifs is 2. The number of piperidine rings is 1. The Morgan fingerprint density at radius 2 is 2.06 bits per heavy atom. The van der Waals surface area contributed by atoms with Crippen LogP contribution in [-0.2, 0) is 12.0 Å². The molecule has 3 heteroatoms. The molecule has 2 aliphatic heterocycles. The van der Waals surface area contributed by atoms with E-state index in [1.807, 2.05) is 0 Å². The monoisotopic (exact) mass is 241 g/mol. The summed E-state index contributed by atoms with van der Waals surface area (Å²) in [7, 11) is 0. The molecule has 0 radical (unpaired) electrons. The molecule has 0 atom stereocenters. The molecule has 2 aliphatic rings. The van der Waals surface area contributed by atoms with Crippen LogP contribution < -0.4 is 5.32 Å². The van der Waals surface area contributed by atoms with Crippen LogP contribution in [0.1, 0.15) is 24.0 Å². The zero-order valence-electron chi connectivity index (χ0n) is 10.7. The van der Waals surface area contributed by atoms with Gasteiger partial charge in [0.15, 0.2) is 0 Å². The van der Waals surface area contributed by atoms with Crippen molar-refractivity contribution in [1.82, 2.24) is 10.2 Å². The zero-order chi connectivity index (χ0) is 12.4. The molecule has 0 amide bonds. The average molecular weight is 241 g/mol. The molecule has 18 heavy (non-hydrogen) atoms. The lowest BCUT2D eigenvalue weighted by atomic mass is 9.69. The van der Waals surface area contributed by atoms with Crippen molar-refractivity contribution in [3.05, 3.63) is 35.4 Å². The summed E-state index contributed by atoms with van der Waals surface area (Å²) in [4.78, 5) is 2.27. The molecule has 1 aromatic carbocycles. The van der Waals surface area contributed by atoms with E-state index in [9.17, 15) is 0 Å². The summed E-state index contributed by atoms with van der Waals surface area (Å²) in [6.45, 7) is 4.75. The number of hydrogen-bond acceptors (Lipinski definition) is 3. The lowest BCUT2D eigenvalue weighted by Gasteiger charge is -2.45. The molecular weight excluding hydrogens is 222 g/mol. The first-order valence-electron chi connectivity index (χ1n) is 6.72. The Labute approximate surface area is 108 Å². The third-order valence-electron chi connectivity index (χ3n) is 4.48. The second-order valence-electron chi connectivity index (χ2n) is 5.48. The van der Waals surface area contributed by atoms with Crippen molar-refractivity contribution in [2.24, 2.45) is 0 Å². The molecule has 1 saturated heterocycles. The number of nitrogens with zero attached hydrogens (tertiary/aromatic N) is 2. The first-order chi connectivity index (χ1) is 8.84. The number of nitrogens with one attached hydrogen (secondary N) is 1. The molecule has 94 valence electrons. The molecule has 1 aromatic rings. The number of benzene rings is 1. The molecule has 1 fully saturated rings. The van der Waals surface area contributed by atoms with Gasteiger partial charge < -0.3 is 5.32 Å². The zero-order valence-corrected chi connectivity index (χ0v) is 10.7. The van der Waals surface area contributed by atoms with Gasteiger partial charge in [-0.15, -0.1) is 0 Å². The van der Waals surface area contributed by atoms with Crippen LogP contribution in [0.2, 0.25) is 0 Å². The lowest BCUT2D eigenvalue weighted by molar-refractivity contribution is 0.164. The summed E-state index contributed by atoms with van der Waals surface area (Å²) in [5.74, 6) is 0. The van der Waals surface area contributed by atoms with Gasteiger partial charge >= 0.3 is 0 Å². The van der Waals surface area contributed by atoms with Crippen molar-refractivity contribution >= 4 is 0 Å². The van der Waals surface area contributed by atoms with E-state index in [2.05, 4.69) is 40.6 Å². The van der Waals surface area contributed by atoms with E-state index < -0.39 is 0 Å². The predicted molar refractivity (Wildman–Crippen MR) is 71.1 cm³/mol. The molecule has 0 unspecified atom stereocenters. The van der Waals surface area contributed by atoms with Crippen molar-refractivity contribution < 1.29 is 0 Å². The lowest BCUT2D eigenvalue weighted by Crippen LogP contribution is -2.50. The van der Waals surface area contributed by atoms with Crippen LogP contribution in [0.25, 0.3) is 0 Å². The average Bonchev–Trinajstić information content (AvgIpc) is 2.43. The van der Waals surface area contributed by atoms with Crippen molar-refractivity contribution in [3.8, 4) is 6.07 Å². The first kappa shape index (κ1) is 11.7. The molecule has 0 aliphatic carbocycles. The van der Waals surface area contributed by atoms with Gasteiger partial charge in [-0.2, -0.15) is 5.26 Å². The Balaban J connectivity index is 1.84. The van der Waals surface area contributed by atoms with E-state index in [0.717, 1.165) is 26.2 Å². The summed E-state index contributed by atoms with van der Waals surface area (Å²) < 4.78 is 0. The van der Waals surface area contributed by atoms with Crippen LogP contribution in [0.4, 0.5) is 0 Å². The van der Waals surface area contributed by atoms with Gasteiger partial charge in [0.25, 0.3) is 0 Å². The first-order valence-corrected chi connectivity index (χ1v) is 6.72. The van der Waals surface area contributed by atoms with Crippen LogP contribution in [0.15, 0.2) is 24.3 Å². The van der Waals surface area contributed by atoms with Gasteiger partial charge in [0, 0.05) is 31.6 Å². The molecule has 2 heterocycles. The van der Waals surface area contributed by atoms with E-state index in [1.54, 1.807) is 5.56 Å². The van der Waals surface area contributed by atoms with Crippen LogP contribution in [0, 0.1) is 11.3 Å². The molecule has 0 bridgehead atoms. The quantitative estimate of drug-likeness (QED) is 0.760. The van der Waals surface area contributed by atoms with Crippen LogP contribution in [0.3, 0.4) is 0 Å². The Morgan fingerprint density at radius 3 is 2.83 bits per heavy atom. The Morgan fingerprint density at radius 1 is 1.28 bits per heavy atom. The van der Waals surface area contributed by atoms with Gasteiger partial charge in [-0.1, -0.05) is 24.3 Å². The smallest absolute Gasteiger partial charge is 0.0865 e. The summed E-state index contributed by atoms with van der Waals surface area (Å²) in [6, 6.07) is 11.1. The molecule has 3 nitrogen and oxygen atoms in total. The Hall–Kier alpha value is -1.37. The third kappa shape index (κ3) is 1.92. The van der Waals surface area contributed by atoms with Gasteiger partial charge in [0.1, 0.15) is 0 Å². The van der Waals surface area contributed by atoms with Crippen LogP contribution in [0.5, 0.6) is 0 Å². The maximum absolute atomic E-state index is 8.77. The van der Waals surface area contributed by atoms with E-state index in [1.165, 1.54) is 18.4 Å². The van der Waals surface area contributed by atoms with Gasteiger partial charge in [-0.25, -0.2) is 0 Å². The molecule has 1 spiro atoms. The van der Waals surface area contributed by atoms with Crippen molar-refractivity contribution in [2.45, 2.75) is 24.8 Å². The van der Waals surface area contributed by atoms with Crippen molar-refractivity contribution in [3.63, 3.8) is 0 Å². The summed E-state index contributed by atoms with van der Waals surface area (Å²) in [6.07, 6.45) is 2.33. The minimum absolute atomic E-state index is 0.306. The highest BCUT2D eigenvalue weighted by Crippen LogP contribution is 2.38. The highest BCUT2D eigenvalue weighted by atomic mass is 15.1. The summed E-state index contributed by atoms with van der Waals surface area (Å²) >= 11 is 0. The van der Waals surface area contributed by atoms with Gasteiger partial charge in [0.05, 0.1) is 12.6 Å². The van der Waals surface area contributed by atoms with Gasteiger partial charge in [-0.05, 0) is 24.0 Å². The normalized spacial score (nSPS) is 22.4. The number of nitriles is 1. The fourth-order valence-electron chi connectivity index (χ4n) is 3.41. The number of likely N-dealkylation sites (tertiary alicyclic amines) is 1. The third-order valence-corrected chi connectivity index (χ3v) is 4.48. The maximum Gasteiger partial charge on any atom is 0.0865 e. The minimum Gasteiger partial charge on any atom is -0.312 e. The molecule has 0 saturated carbocycles. The highest BCUT2D eigenvalue weighted by molar-refractivity contribution is 5.37. The Kier molecular flexibility index (Phi) is 3.07. The van der Waals surface area contributed by atoms with Gasteiger partial charge in [0.2, 0.25) is 0 Å². The molecule has 1 N–H and O–H groups in total. The fourth-order valence-corrected chi connectivity index (χ4v) is 3.41. The molecular formula is C15H19N3. The van der Waals surface area contributed by atoms with E-state index in [0.29, 0.717) is 12.0 Å². The second-order valence-corrected chi connectivity index (χ2v) is 5.48. The van der Waals surface area contributed by atoms with Gasteiger partial charge in [-0.3, -0.25) is 4.90 Å². The predicted octanol–water partition coefficient (Wildman–Crippen LogP) is 1.65. The molecule has 0 aromatic heterocycles. The van der Waals surface area contributed by atoms with Crippen molar-refractivity contribution in [1.29, 1.82) is 5.26 Å². The van der Waals surface area contributed by atoms with Crippen molar-refractivity contribution in [2.75, 3.05) is 26.2 Å². The molecule has 3 rings (SSSR count). The van der Waals surface area contributed by atoms with Crippen LogP contribution in [-0.4, -0.2) is 31.1 Å². The largest absolute Gasteiger partial charge is 0.312 e. The van der Waals surface area contributed by atoms with E-state index >= 15 is 0 Å². The summed E-state index contributed by atoms with van der Waals surface area (Å²) in [5, 5.41) is 12.3. The highest BCUT2D eigenvalue weighted by Gasteiger charge is 2.38. The topological polar surface area (TPSA) is 39.1 Å². The van der Waals surface area contributed by atoms with Crippen LogP contribution >= 0.6 is 0 Å². The standard InChI is InChI=1S/C15H19N3/c16-7-10-18-8-5-15(6-9-18)12-17-11-13-3-1-2-4-14(13)15/h1-4,17H,5-6,8-12H2. The summed E-state index contributed by atoms with van der Waals surface area (Å²) in [5.41, 5.74) is 3.30. The fraction of sp³-hybridized carbons (Fsp3) is 0.533. The number of rotatable bonds is 1. The second kappa shape index (κ2) is 4.72.